The fourth-order valence-corrected chi connectivity index (χ4v) is 2.67. The van der Waals surface area contributed by atoms with E-state index >= 15 is 0 Å². The maximum absolute atomic E-state index is 5.52. The molecule has 27 heavy (non-hydrogen) atoms. The summed E-state index contributed by atoms with van der Waals surface area (Å²) < 4.78 is 10.7. The lowest BCUT2D eigenvalue weighted by Crippen LogP contribution is -2.04. The Bertz CT molecular complexity index is 1090. The molecule has 0 atom stereocenters. The summed E-state index contributed by atoms with van der Waals surface area (Å²) >= 11 is 0. The molecule has 0 unspecified atom stereocenters. The molecule has 0 amide bonds. The Balaban J connectivity index is 1.77. The molecule has 0 bridgehead atoms. The van der Waals surface area contributed by atoms with Crippen molar-refractivity contribution in [2.24, 2.45) is 0 Å². The van der Waals surface area contributed by atoms with E-state index in [0.717, 1.165) is 16.5 Å². The van der Waals surface area contributed by atoms with Gasteiger partial charge < -0.3 is 14.6 Å². The molecular formula is C18H17N7O2. The summed E-state index contributed by atoms with van der Waals surface area (Å²) in [4.78, 5) is 21.7. The number of ether oxygens (including phenoxy) is 1. The van der Waals surface area contributed by atoms with E-state index < -0.39 is 0 Å². The van der Waals surface area contributed by atoms with Gasteiger partial charge in [-0.2, -0.15) is 4.98 Å². The van der Waals surface area contributed by atoms with Gasteiger partial charge in [-0.15, -0.1) is 0 Å². The van der Waals surface area contributed by atoms with E-state index in [9.17, 15) is 0 Å². The summed E-state index contributed by atoms with van der Waals surface area (Å²) in [5, 5.41) is 7.78. The van der Waals surface area contributed by atoms with Crippen LogP contribution in [0.1, 0.15) is 17.3 Å². The van der Waals surface area contributed by atoms with Crippen molar-refractivity contribution >= 4 is 16.7 Å². The minimum Gasteiger partial charge on any atom is -0.494 e. The zero-order valence-corrected chi connectivity index (χ0v) is 15.1. The second-order valence-electron chi connectivity index (χ2n) is 5.97. The molecule has 0 saturated heterocycles. The SMILES string of the molecule is COc1cc(-c2ncc(C)cn2)cc2c(NCc3nc(C)no3)ncnc12. The van der Waals surface area contributed by atoms with Crippen molar-refractivity contribution in [2.45, 2.75) is 20.4 Å². The van der Waals surface area contributed by atoms with Crippen molar-refractivity contribution in [1.29, 1.82) is 0 Å². The molecule has 136 valence electrons. The second kappa shape index (κ2) is 6.94. The van der Waals surface area contributed by atoms with Gasteiger partial charge in [-0.25, -0.2) is 19.9 Å². The lowest BCUT2D eigenvalue weighted by molar-refractivity contribution is 0.379. The molecule has 0 aliphatic rings. The molecule has 0 aliphatic heterocycles. The molecule has 0 fully saturated rings. The normalized spacial score (nSPS) is 10.9. The smallest absolute Gasteiger partial charge is 0.245 e. The number of nitrogens with zero attached hydrogens (tertiary/aromatic N) is 6. The average Bonchev–Trinajstić information content (AvgIpc) is 3.11. The number of anilines is 1. The van der Waals surface area contributed by atoms with Crippen LogP contribution in [0.4, 0.5) is 5.82 Å². The second-order valence-corrected chi connectivity index (χ2v) is 5.97. The molecule has 4 aromatic rings. The Kier molecular flexibility index (Phi) is 4.33. The lowest BCUT2D eigenvalue weighted by atomic mass is 10.1. The van der Waals surface area contributed by atoms with E-state index in [1.165, 1.54) is 6.33 Å². The van der Waals surface area contributed by atoms with Crippen LogP contribution in [0.15, 0.2) is 35.4 Å². The van der Waals surface area contributed by atoms with Gasteiger partial charge in [0.05, 0.1) is 13.7 Å². The van der Waals surface area contributed by atoms with Crippen LogP contribution in [-0.4, -0.2) is 37.2 Å². The fourth-order valence-electron chi connectivity index (χ4n) is 2.67. The molecule has 0 spiro atoms. The first-order valence-corrected chi connectivity index (χ1v) is 8.29. The Morgan fingerprint density at radius 2 is 1.89 bits per heavy atom. The van der Waals surface area contributed by atoms with Crippen molar-refractivity contribution in [3.05, 3.63) is 48.1 Å². The summed E-state index contributed by atoms with van der Waals surface area (Å²) in [5.74, 6) is 2.90. The number of aromatic nitrogens is 6. The van der Waals surface area contributed by atoms with Crippen molar-refractivity contribution in [3.8, 4) is 17.1 Å². The minimum atomic E-state index is 0.348. The summed E-state index contributed by atoms with van der Waals surface area (Å²) in [6.07, 6.45) is 5.03. The quantitative estimate of drug-likeness (QED) is 0.572. The number of methoxy groups -OCH3 is 1. The van der Waals surface area contributed by atoms with E-state index in [4.69, 9.17) is 9.26 Å². The average molecular weight is 363 g/mol. The van der Waals surface area contributed by atoms with Crippen LogP contribution >= 0.6 is 0 Å². The van der Waals surface area contributed by atoms with Gasteiger partial charge in [-0.1, -0.05) is 5.16 Å². The van der Waals surface area contributed by atoms with Crippen molar-refractivity contribution in [1.82, 2.24) is 30.1 Å². The van der Waals surface area contributed by atoms with Crippen molar-refractivity contribution in [2.75, 3.05) is 12.4 Å². The van der Waals surface area contributed by atoms with Gasteiger partial charge in [0.1, 0.15) is 23.4 Å². The van der Waals surface area contributed by atoms with Gasteiger partial charge in [-0.05, 0) is 31.5 Å². The third kappa shape index (κ3) is 3.39. The highest BCUT2D eigenvalue weighted by Gasteiger charge is 2.14. The molecule has 0 saturated carbocycles. The molecule has 3 aromatic heterocycles. The van der Waals surface area contributed by atoms with Crippen LogP contribution in [0, 0.1) is 13.8 Å². The number of benzene rings is 1. The van der Waals surface area contributed by atoms with Crippen molar-refractivity contribution in [3.63, 3.8) is 0 Å². The van der Waals surface area contributed by atoms with Crippen LogP contribution in [0.3, 0.4) is 0 Å². The van der Waals surface area contributed by atoms with E-state index in [2.05, 4.69) is 35.4 Å². The molecule has 0 aliphatic carbocycles. The Hall–Kier alpha value is -3.62. The summed E-state index contributed by atoms with van der Waals surface area (Å²) in [6.45, 7) is 4.06. The van der Waals surface area contributed by atoms with E-state index in [1.807, 2.05) is 19.1 Å². The molecule has 4 rings (SSSR count). The third-order valence-electron chi connectivity index (χ3n) is 3.94. The number of aryl methyl sites for hydroxylation is 2. The first-order chi connectivity index (χ1) is 13.1. The van der Waals surface area contributed by atoms with Crippen LogP contribution in [0.5, 0.6) is 5.75 Å². The number of hydrogen-bond donors (Lipinski definition) is 1. The zero-order chi connectivity index (χ0) is 18.8. The van der Waals surface area contributed by atoms with Gasteiger partial charge in [0.2, 0.25) is 5.89 Å². The predicted octanol–water partition coefficient (Wildman–Crippen LogP) is 2.71. The topological polar surface area (TPSA) is 112 Å². The first kappa shape index (κ1) is 16.8. The Morgan fingerprint density at radius 1 is 1.07 bits per heavy atom. The van der Waals surface area contributed by atoms with Crippen LogP contribution < -0.4 is 10.1 Å². The van der Waals surface area contributed by atoms with Crippen LogP contribution in [-0.2, 0) is 6.54 Å². The van der Waals surface area contributed by atoms with Crippen LogP contribution in [0.25, 0.3) is 22.3 Å². The predicted molar refractivity (Wildman–Crippen MR) is 98.2 cm³/mol. The Morgan fingerprint density at radius 3 is 2.59 bits per heavy atom. The number of fused-ring (bicyclic) bond motifs is 1. The maximum Gasteiger partial charge on any atom is 0.245 e. The van der Waals surface area contributed by atoms with Gasteiger partial charge >= 0.3 is 0 Å². The molecule has 9 heteroatoms. The van der Waals surface area contributed by atoms with E-state index in [1.54, 1.807) is 26.4 Å². The number of hydrogen-bond acceptors (Lipinski definition) is 9. The van der Waals surface area contributed by atoms with Gasteiger partial charge in [-0.3, -0.25) is 0 Å². The zero-order valence-electron chi connectivity index (χ0n) is 15.1. The highest BCUT2D eigenvalue weighted by atomic mass is 16.5. The number of nitrogens with one attached hydrogen (secondary N) is 1. The summed E-state index contributed by atoms with van der Waals surface area (Å²) in [6, 6.07) is 3.80. The molecule has 0 radical (unpaired) electrons. The highest BCUT2D eigenvalue weighted by Crippen LogP contribution is 2.32. The molecule has 1 N–H and O–H groups in total. The monoisotopic (exact) mass is 363 g/mol. The highest BCUT2D eigenvalue weighted by molar-refractivity contribution is 5.96. The van der Waals surface area contributed by atoms with Gasteiger partial charge in [0.15, 0.2) is 11.6 Å². The standard InChI is InChI=1S/C18H17N7O2/c1-10-6-19-17(20-7-10)12-4-13-16(14(5-12)26-3)22-9-23-18(13)21-8-15-24-11(2)25-27-15/h4-7,9H,8H2,1-3H3,(H,21,22,23). The Labute approximate surface area is 154 Å². The lowest BCUT2D eigenvalue weighted by Gasteiger charge is -2.11. The minimum absolute atomic E-state index is 0.348. The molecular weight excluding hydrogens is 346 g/mol. The first-order valence-electron chi connectivity index (χ1n) is 8.29. The van der Waals surface area contributed by atoms with E-state index in [-0.39, 0.29) is 0 Å². The third-order valence-corrected chi connectivity index (χ3v) is 3.94. The van der Waals surface area contributed by atoms with Crippen LogP contribution in [0.2, 0.25) is 0 Å². The number of rotatable bonds is 5. The molecule has 9 nitrogen and oxygen atoms in total. The molecule has 1 aromatic carbocycles. The summed E-state index contributed by atoms with van der Waals surface area (Å²) in [7, 11) is 1.60. The van der Waals surface area contributed by atoms with Gasteiger partial charge in [0, 0.05) is 23.3 Å². The molecule has 3 heterocycles. The van der Waals surface area contributed by atoms with Crippen molar-refractivity contribution < 1.29 is 9.26 Å². The van der Waals surface area contributed by atoms with Gasteiger partial charge in [0.25, 0.3) is 0 Å². The van der Waals surface area contributed by atoms with E-state index in [0.29, 0.717) is 41.2 Å². The summed E-state index contributed by atoms with van der Waals surface area (Å²) in [5.41, 5.74) is 2.49. The fraction of sp³-hybridized carbons (Fsp3) is 0.222. The largest absolute Gasteiger partial charge is 0.494 e. The maximum atomic E-state index is 5.52.